The molecule has 0 unspecified atom stereocenters. The largest absolute Gasteiger partial charge is 0.451 e. The number of fused-ring (bicyclic) bond motifs is 1. The van der Waals surface area contributed by atoms with E-state index >= 15 is 0 Å². The fourth-order valence-corrected chi connectivity index (χ4v) is 3.28. The molecule has 9 nitrogen and oxygen atoms in total. The van der Waals surface area contributed by atoms with Crippen LogP contribution in [0, 0.1) is 6.92 Å². The van der Waals surface area contributed by atoms with E-state index in [0.29, 0.717) is 16.2 Å². The van der Waals surface area contributed by atoms with Crippen molar-refractivity contribution in [1.82, 2.24) is 21.5 Å². The third kappa shape index (κ3) is 5.57. The summed E-state index contributed by atoms with van der Waals surface area (Å²) in [5.74, 6) is -2.42. The van der Waals surface area contributed by atoms with Gasteiger partial charge in [0.15, 0.2) is 5.76 Å². The Morgan fingerprint density at radius 2 is 1.59 bits per heavy atom. The van der Waals surface area contributed by atoms with Gasteiger partial charge in [-0.3, -0.25) is 30.0 Å². The average Bonchev–Trinajstić information content (AvgIpc) is 3.11. The highest BCUT2D eigenvalue weighted by Gasteiger charge is 2.18. The minimum absolute atomic E-state index is 0.0686. The van der Waals surface area contributed by atoms with Gasteiger partial charge in [-0.05, 0) is 31.2 Å². The van der Waals surface area contributed by atoms with E-state index in [9.17, 15) is 19.2 Å². The fraction of sp³-hybridized carbons (Fsp3) is 0.143. The molecule has 11 heteroatoms. The smallest absolute Gasteiger partial charge is 0.305 e. The van der Waals surface area contributed by atoms with Crippen LogP contribution < -0.4 is 21.5 Å². The number of carbonyl (C=O) groups excluding carboxylic acids is 4. The van der Waals surface area contributed by atoms with Gasteiger partial charge in [0.05, 0.1) is 23.7 Å². The van der Waals surface area contributed by atoms with E-state index in [2.05, 4.69) is 21.5 Å². The number of para-hydroxylation sites is 1. The van der Waals surface area contributed by atoms with Gasteiger partial charge in [-0.1, -0.05) is 41.4 Å². The number of aryl methyl sites for hydroxylation is 1. The van der Waals surface area contributed by atoms with Crippen molar-refractivity contribution in [3.8, 4) is 0 Å². The normalized spacial score (nSPS) is 10.5. The zero-order valence-corrected chi connectivity index (χ0v) is 18.3. The van der Waals surface area contributed by atoms with Crippen LogP contribution in [-0.2, 0) is 9.59 Å². The van der Waals surface area contributed by atoms with Crippen LogP contribution in [0.3, 0.4) is 0 Å². The first-order chi connectivity index (χ1) is 15.3. The van der Waals surface area contributed by atoms with Crippen LogP contribution in [0.4, 0.5) is 0 Å². The molecule has 1 heterocycles. The molecule has 2 aromatic carbocycles. The summed E-state index contributed by atoms with van der Waals surface area (Å²) in [6.07, 6.45) is 0. The summed E-state index contributed by atoms with van der Waals surface area (Å²) in [5.41, 5.74) is 5.75. The number of benzene rings is 2. The molecule has 0 saturated carbocycles. The van der Waals surface area contributed by atoms with Crippen LogP contribution >= 0.6 is 23.2 Å². The van der Waals surface area contributed by atoms with E-state index < -0.39 is 30.2 Å². The van der Waals surface area contributed by atoms with Crippen LogP contribution in [0.5, 0.6) is 0 Å². The van der Waals surface area contributed by atoms with E-state index in [1.165, 1.54) is 18.2 Å². The van der Waals surface area contributed by atoms with Gasteiger partial charge in [-0.15, -0.1) is 0 Å². The maximum atomic E-state index is 12.3. The van der Waals surface area contributed by atoms with Crippen molar-refractivity contribution in [3.63, 3.8) is 0 Å². The lowest BCUT2D eigenvalue weighted by Crippen LogP contribution is -2.47. The van der Waals surface area contributed by atoms with Gasteiger partial charge in [0, 0.05) is 16.0 Å². The van der Waals surface area contributed by atoms with Crippen molar-refractivity contribution < 1.29 is 23.6 Å². The van der Waals surface area contributed by atoms with Gasteiger partial charge < -0.3 is 15.1 Å². The minimum Gasteiger partial charge on any atom is -0.451 e. The molecule has 0 aliphatic heterocycles. The molecule has 0 fully saturated rings. The molecule has 0 bridgehead atoms. The van der Waals surface area contributed by atoms with Crippen LogP contribution in [0.2, 0.25) is 10.0 Å². The highest BCUT2D eigenvalue weighted by molar-refractivity contribution is 6.36. The molecule has 4 N–H and O–H groups in total. The summed E-state index contributed by atoms with van der Waals surface area (Å²) in [7, 11) is 0. The number of halogens is 2. The van der Waals surface area contributed by atoms with Crippen molar-refractivity contribution in [2.45, 2.75) is 6.92 Å². The Balaban J connectivity index is 1.42. The third-order valence-electron chi connectivity index (χ3n) is 4.40. The Morgan fingerprint density at radius 3 is 2.31 bits per heavy atom. The summed E-state index contributed by atoms with van der Waals surface area (Å²) in [4.78, 5) is 48.1. The van der Waals surface area contributed by atoms with Crippen LogP contribution in [0.25, 0.3) is 11.0 Å². The van der Waals surface area contributed by atoms with E-state index in [4.69, 9.17) is 27.6 Å². The van der Waals surface area contributed by atoms with Crippen LogP contribution in [0.1, 0.15) is 26.5 Å². The van der Waals surface area contributed by atoms with E-state index in [1.54, 1.807) is 19.1 Å². The van der Waals surface area contributed by atoms with E-state index in [1.807, 2.05) is 12.1 Å². The Hall–Kier alpha value is -3.56. The van der Waals surface area contributed by atoms with Crippen molar-refractivity contribution in [3.05, 3.63) is 69.4 Å². The number of carbonyl (C=O) groups is 4. The molecule has 0 radical (unpaired) electrons. The standard InChI is InChI=1S/C21H18Cl2N4O5/c1-11-13-4-2-3-5-16(13)32-19(11)21(31)27-26-18(29)10-24-17(28)9-25-20(30)14-7-6-12(22)8-15(14)23/h2-8H,9-10H2,1H3,(H,24,28)(H,25,30)(H,26,29)(H,27,31). The monoisotopic (exact) mass is 476 g/mol. The lowest BCUT2D eigenvalue weighted by Gasteiger charge is -2.09. The SMILES string of the molecule is Cc1c(C(=O)NNC(=O)CNC(=O)CNC(=O)c2ccc(Cl)cc2Cl)oc2ccccc12. The number of rotatable bonds is 6. The second-order valence-electron chi connectivity index (χ2n) is 6.64. The van der Waals surface area contributed by atoms with Crippen molar-refractivity contribution in [2.24, 2.45) is 0 Å². The van der Waals surface area contributed by atoms with Gasteiger partial charge in [-0.25, -0.2) is 0 Å². The Bertz CT molecular complexity index is 1210. The predicted molar refractivity (Wildman–Crippen MR) is 118 cm³/mol. The molecule has 3 rings (SSSR count). The van der Waals surface area contributed by atoms with Crippen molar-refractivity contribution in [2.75, 3.05) is 13.1 Å². The molecule has 0 aliphatic rings. The second-order valence-corrected chi connectivity index (χ2v) is 7.48. The van der Waals surface area contributed by atoms with Crippen molar-refractivity contribution >= 4 is 57.8 Å². The van der Waals surface area contributed by atoms with Gasteiger partial charge in [0.2, 0.25) is 5.91 Å². The molecule has 1 aromatic heterocycles. The van der Waals surface area contributed by atoms with E-state index in [0.717, 1.165) is 5.39 Å². The van der Waals surface area contributed by atoms with Crippen molar-refractivity contribution in [1.29, 1.82) is 0 Å². The summed E-state index contributed by atoms with van der Waals surface area (Å²) < 4.78 is 5.51. The quantitative estimate of drug-likeness (QED) is 0.405. The molecule has 166 valence electrons. The summed E-state index contributed by atoms with van der Waals surface area (Å²) in [5, 5.41) is 6.00. The maximum absolute atomic E-state index is 12.3. The van der Waals surface area contributed by atoms with E-state index in [-0.39, 0.29) is 22.9 Å². The van der Waals surface area contributed by atoms with Gasteiger partial charge >= 0.3 is 5.91 Å². The fourth-order valence-electron chi connectivity index (χ4n) is 2.79. The summed E-state index contributed by atoms with van der Waals surface area (Å²) in [6, 6.07) is 11.5. The van der Waals surface area contributed by atoms with Gasteiger partial charge in [0.1, 0.15) is 5.58 Å². The molecular formula is C21H18Cl2N4O5. The highest BCUT2D eigenvalue weighted by Crippen LogP contribution is 2.24. The molecule has 0 atom stereocenters. The highest BCUT2D eigenvalue weighted by atomic mass is 35.5. The summed E-state index contributed by atoms with van der Waals surface area (Å²) >= 11 is 11.7. The third-order valence-corrected chi connectivity index (χ3v) is 4.94. The number of nitrogens with one attached hydrogen (secondary N) is 4. The molecule has 0 saturated heterocycles. The summed E-state index contributed by atoms with van der Waals surface area (Å²) in [6.45, 7) is 0.930. The first kappa shape index (κ1) is 23.1. The number of hydrazine groups is 1. The zero-order valence-electron chi connectivity index (χ0n) is 16.8. The molecule has 3 aromatic rings. The molecule has 0 aliphatic carbocycles. The average molecular weight is 477 g/mol. The molecular weight excluding hydrogens is 459 g/mol. The number of furan rings is 1. The maximum Gasteiger partial charge on any atom is 0.305 e. The Morgan fingerprint density at radius 1 is 0.875 bits per heavy atom. The van der Waals surface area contributed by atoms with Crippen LogP contribution in [-0.4, -0.2) is 36.7 Å². The predicted octanol–water partition coefficient (Wildman–Crippen LogP) is 2.36. The molecule has 4 amide bonds. The molecule has 0 spiro atoms. The number of hydrogen-bond donors (Lipinski definition) is 4. The second kappa shape index (κ2) is 10.2. The lowest BCUT2D eigenvalue weighted by molar-refractivity contribution is -0.125. The lowest BCUT2D eigenvalue weighted by atomic mass is 10.1. The first-order valence-electron chi connectivity index (χ1n) is 9.33. The first-order valence-corrected chi connectivity index (χ1v) is 10.1. The van der Waals surface area contributed by atoms with Gasteiger partial charge in [0.25, 0.3) is 11.8 Å². The number of amides is 4. The topological polar surface area (TPSA) is 130 Å². The number of hydrogen-bond acceptors (Lipinski definition) is 5. The zero-order chi connectivity index (χ0) is 23.3. The molecule has 32 heavy (non-hydrogen) atoms. The van der Waals surface area contributed by atoms with Crippen LogP contribution in [0.15, 0.2) is 46.9 Å². The Kier molecular flexibility index (Phi) is 7.34. The minimum atomic E-state index is -0.674. The van der Waals surface area contributed by atoms with Gasteiger partial charge in [-0.2, -0.15) is 0 Å². The Labute approximate surface area is 192 Å².